The molecule has 0 fully saturated rings. The molecule has 8 heteroatoms. The molecule has 0 aliphatic carbocycles. The lowest BCUT2D eigenvalue weighted by Gasteiger charge is -2.14. The first-order chi connectivity index (χ1) is 9.45. The van der Waals surface area contributed by atoms with Gasteiger partial charge in [0.1, 0.15) is 11.7 Å². The van der Waals surface area contributed by atoms with E-state index < -0.39 is 30.3 Å². The molecular weight excluding hydrogens is 268 g/mol. The van der Waals surface area contributed by atoms with Gasteiger partial charge in [-0.15, -0.1) is 0 Å². The minimum atomic E-state index is -1.47. The molecule has 110 valence electrons. The molecule has 1 aromatic heterocycles. The zero-order valence-corrected chi connectivity index (χ0v) is 10.9. The number of methoxy groups -OCH3 is 1. The van der Waals surface area contributed by atoms with Gasteiger partial charge in [-0.3, -0.25) is 9.59 Å². The van der Waals surface area contributed by atoms with Crippen LogP contribution in [0.5, 0.6) is 0 Å². The topological polar surface area (TPSA) is 118 Å². The molecule has 1 atom stereocenters. The average Bonchev–Trinajstić information content (AvgIpc) is 2.83. The van der Waals surface area contributed by atoms with Crippen LogP contribution in [0.25, 0.3) is 0 Å². The van der Waals surface area contributed by atoms with Crippen LogP contribution < -0.4 is 5.32 Å². The summed E-state index contributed by atoms with van der Waals surface area (Å²) in [6.07, 6.45) is 0.973. The van der Waals surface area contributed by atoms with Gasteiger partial charge in [0.25, 0.3) is 5.91 Å². The van der Waals surface area contributed by atoms with Gasteiger partial charge >= 0.3 is 11.9 Å². The lowest BCUT2D eigenvalue weighted by atomic mass is 10.2. The first-order valence-electron chi connectivity index (χ1n) is 5.85. The van der Waals surface area contributed by atoms with Crippen molar-refractivity contribution in [2.45, 2.75) is 19.0 Å². The van der Waals surface area contributed by atoms with Crippen molar-refractivity contribution in [2.75, 3.05) is 13.7 Å². The van der Waals surface area contributed by atoms with E-state index >= 15 is 0 Å². The van der Waals surface area contributed by atoms with Crippen molar-refractivity contribution < 1.29 is 29.3 Å². The zero-order valence-electron chi connectivity index (χ0n) is 10.9. The second-order valence-electron chi connectivity index (χ2n) is 4.04. The summed E-state index contributed by atoms with van der Waals surface area (Å²) in [4.78, 5) is 33.4. The van der Waals surface area contributed by atoms with Gasteiger partial charge in [0, 0.05) is 19.9 Å². The fraction of sp³-hybridized carbons (Fsp3) is 0.417. The molecule has 1 heterocycles. The predicted molar refractivity (Wildman–Crippen MR) is 67.5 cm³/mol. The normalized spacial score (nSPS) is 11.8. The number of carbonyl (C=O) groups excluding carboxylic acids is 1. The van der Waals surface area contributed by atoms with Crippen LogP contribution in [0.2, 0.25) is 0 Å². The van der Waals surface area contributed by atoms with Crippen LogP contribution in [-0.4, -0.2) is 52.4 Å². The maximum absolute atomic E-state index is 12.0. The summed E-state index contributed by atoms with van der Waals surface area (Å²) < 4.78 is 6.49. The van der Waals surface area contributed by atoms with Crippen LogP contribution in [-0.2, 0) is 20.9 Å². The van der Waals surface area contributed by atoms with Crippen molar-refractivity contribution in [1.29, 1.82) is 0 Å². The summed E-state index contributed by atoms with van der Waals surface area (Å²) in [6.45, 7) is 0.829. The Hall–Kier alpha value is -2.35. The van der Waals surface area contributed by atoms with Crippen LogP contribution in [0.4, 0.5) is 0 Å². The van der Waals surface area contributed by atoms with Crippen molar-refractivity contribution in [3.8, 4) is 0 Å². The second-order valence-corrected chi connectivity index (χ2v) is 4.04. The Morgan fingerprint density at radius 2 is 2.10 bits per heavy atom. The van der Waals surface area contributed by atoms with E-state index in [0.717, 1.165) is 0 Å². The van der Waals surface area contributed by atoms with Gasteiger partial charge in [0.2, 0.25) is 0 Å². The molecule has 1 unspecified atom stereocenters. The number of hydrogen-bond donors (Lipinski definition) is 3. The second kappa shape index (κ2) is 7.29. The number of nitrogens with one attached hydrogen (secondary N) is 1. The molecule has 8 nitrogen and oxygen atoms in total. The van der Waals surface area contributed by atoms with Crippen LogP contribution >= 0.6 is 0 Å². The van der Waals surface area contributed by atoms with E-state index in [4.69, 9.17) is 14.9 Å². The number of carboxylic acid groups (broad SMARTS) is 2. The first-order valence-corrected chi connectivity index (χ1v) is 5.85. The number of rotatable bonds is 8. The molecule has 3 N–H and O–H groups in total. The number of amides is 1. The van der Waals surface area contributed by atoms with E-state index in [1.165, 1.54) is 13.2 Å². The van der Waals surface area contributed by atoms with Crippen LogP contribution in [0, 0.1) is 0 Å². The Labute approximate surface area is 115 Å². The molecule has 0 aliphatic rings. The van der Waals surface area contributed by atoms with E-state index in [0.29, 0.717) is 13.2 Å². The van der Waals surface area contributed by atoms with Crippen molar-refractivity contribution in [3.05, 3.63) is 24.0 Å². The van der Waals surface area contributed by atoms with Gasteiger partial charge in [-0.25, -0.2) is 4.79 Å². The van der Waals surface area contributed by atoms with Crippen molar-refractivity contribution in [2.24, 2.45) is 0 Å². The van der Waals surface area contributed by atoms with Crippen LogP contribution in [0.1, 0.15) is 16.9 Å². The summed E-state index contributed by atoms with van der Waals surface area (Å²) in [5.41, 5.74) is 0.249. The smallest absolute Gasteiger partial charge is 0.326 e. The Balaban J connectivity index is 2.76. The predicted octanol–water partition coefficient (Wildman–Crippen LogP) is -0.208. The van der Waals surface area contributed by atoms with Gasteiger partial charge in [-0.05, 0) is 12.1 Å². The minimum Gasteiger partial charge on any atom is -0.481 e. The molecule has 0 aliphatic heterocycles. The molecule has 0 radical (unpaired) electrons. The fourth-order valence-corrected chi connectivity index (χ4v) is 1.61. The Morgan fingerprint density at radius 3 is 2.65 bits per heavy atom. The van der Waals surface area contributed by atoms with E-state index in [2.05, 4.69) is 5.32 Å². The average molecular weight is 284 g/mol. The van der Waals surface area contributed by atoms with Crippen molar-refractivity contribution in [1.82, 2.24) is 9.88 Å². The Bertz CT molecular complexity index is 496. The van der Waals surface area contributed by atoms with E-state index in [1.54, 1.807) is 16.8 Å². The third-order valence-electron chi connectivity index (χ3n) is 2.58. The third kappa shape index (κ3) is 4.39. The van der Waals surface area contributed by atoms with Crippen LogP contribution in [0.15, 0.2) is 18.3 Å². The third-order valence-corrected chi connectivity index (χ3v) is 2.58. The van der Waals surface area contributed by atoms with Crippen LogP contribution in [0.3, 0.4) is 0 Å². The van der Waals surface area contributed by atoms with Gasteiger partial charge in [-0.2, -0.15) is 0 Å². The SMILES string of the molecule is COCCn1cccc1C(=O)NC(CC(=O)O)C(=O)O. The number of nitrogens with zero attached hydrogens (tertiary/aromatic N) is 1. The number of aromatic nitrogens is 1. The van der Waals surface area contributed by atoms with E-state index in [9.17, 15) is 14.4 Å². The minimum absolute atomic E-state index is 0.249. The highest BCUT2D eigenvalue weighted by atomic mass is 16.5. The highest BCUT2D eigenvalue weighted by Crippen LogP contribution is 2.04. The molecule has 1 amide bonds. The maximum Gasteiger partial charge on any atom is 0.326 e. The molecule has 0 bridgehead atoms. The molecule has 0 spiro atoms. The monoisotopic (exact) mass is 284 g/mol. The summed E-state index contributed by atoms with van der Waals surface area (Å²) >= 11 is 0. The highest BCUT2D eigenvalue weighted by molar-refractivity contribution is 5.96. The molecule has 0 aromatic carbocycles. The Kier molecular flexibility index (Phi) is 5.73. The fourth-order valence-electron chi connectivity index (χ4n) is 1.61. The lowest BCUT2D eigenvalue weighted by Crippen LogP contribution is -2.42. The van der Waals surface area contributed by atoms with E-state index in [1.807, 2.05) is 0 Å². The quantitative estimate of drug-likeness (QED) is 0.608. The molecule has 1 rings (SSSR count). The molecule has 1 aromatic rings. The standard InChI is InChI=1S/C12H16N2O6/c1-20-6-5-14-4-2-3-9(14)11(17)13-8(12(18)19)7-10(15)16/h2-4,8H,5-7H2,1H3,(H,13,17)(H,15,16)(H,18,19). The number of aliphatic carboxylic acids is 2. The molecule has 0 saturated carbocycles. The summed E-state index contributed by atoms with van der Waals surface area (Å²) in [5.74, 6) is -3.33. The molecule has 20 heavy (non-hydrogen) atoms. The Morgan fingerprint density at radius 1 is 1.40 bits per heavy atom. The van der Waals surface area contributed by atoms with Crippen molar-refractivity contribution >= 4 is 17.8 Å². The number of carbonyl (C=O) groups is 3. The summed E-state index contributed by atoms with van der Waals surface area (Å²) in [5, 5.41) is 19.7. The number of ether oxygens (including phenoxy) is 1. The lowest BCUT2D eigenvalue weighted by molar-refractivity contribution is -0.145. The van der Waals surface area contributed by atoms with Gasteiger partial charge in [0.15, 0.2) is 0 Å². The largest absolute Gasteiger partial charge is 0.481 e. The van der Waals surface area contributed by atoms with E-state index in [-0.39, 0.29) is 5.69 Å². The number of hydrogen-bond acceptors (Lipinski definition) is 4. The van der Waals surface area contributed by atoms with Gasteiger partial charge < -0.3 is 24.8 Å². The zero-order chi connectivity index (χ0) is 15.1. The van der Waals surface area contributed by atoms with Gasteiger partial charge in [0.05, 0.1) is 13.0 Å². The first kappa shape index (κ1) is 15.7. The summed E-state index contributed by atoms with van der Waals surface area (Å²) in [6, 6.07) is 1.69. The number of carboxylic acids is 2. The maximum atomic E-state index is 12.0. The molecule has 0 saturated heterocycles. The summed E-state index contributed by atoms with van der Waals surface area (Å²) in [7, 11) is 1.52. The highest BCUT2D eigenvalue weighted by Gasteiger charge is 2.24. The molecular formula is C12H16N2O6. The van der Waals surface area contributed by atoms with Crippen molar-refractivity contribution in [3.63, 3.8) is 0 Å². The van der Waals surface area contributed by atoms with Gasteiger partial charge in [-0.1, -0.05) is 0 Å².